The van der Waals surface area contributed by atoms with Crippen LogP contribution in [0.4, 0.5) is 13.2 Å². The number of halogens is 5. The van der Waals surface area contributed by atoms with Crippen LogP contribution in [-0.4, -0.2) is 47.5 Å². The minimum absolute atomic E-state index is 0. The van der Waals surface area contributed by atoms with E-state index in [0.29, 0.717) is 13.1 Å². The van der Waals surface area contributed by atoms with Crippen LogP contribution in [0.15, 0.2) is 18.2 Å². The zero-order chi connectivity index (χ0) is 14.0. The van der Waals surface area contributed by atoms with Crippen LogP contribution in [0.3, 0.4) is 0 Å². The van der Waals surface area contributed by atoms with E-state index in [1.54, 1.807) is 0 Å². The minimum atomic E-state index is -4.51. The van der Waals surface area contributed by atoms with Crippen LogP contribution < -0.4 is 5.32 Å². The molecule has 0 amide bonds. The number of phenolic OH excluding ortho intramolecular Hbond substituents is 2. The average molecular weight is 349 g/mol. The second kappa shape index (κ2) is 7.93. The molecule has 9 heteroatoms. The highest BCUT2D eigenvalue weighted by atomic mass is 35.5. The van der Waals surface area contributed by atoms with Crippen LogP contribution in [0.2, 0.25) is 0 Å². The molecule has 3 N–H and O–H groups in total. The Morgan fingerprint density at radius 2 is 1.67 bits per heavy atom. The van der Waals surface area contributed by atoms with E-state index in [-0.39, 0.29) is 43.5 Å². The number of benzene rings is 1. The first-order chi connectivity index (χ1) is 8.91. The molecule has 0 saturated carbocycles. The molecule has 0 unspecified atom stereocenters. The Morgan fingerprint density at radius 3 is 2.19 bits per heavy atom. The lowest BCUT2D eigenvalue weighted by atomic mass is 10.0. The summed E-state index contributed by atoms with van der Waals surface area (Å²) in [5.74, 6) is -1.25. The lowest BCUT2D eigenvalue weighted by Gasteiger charge is -2.36. The Bertz CT molecular complexity index is 455. The molecule has 1 aromatic carbocycles. The van der Waals surface area contributed by atoms with Crippen LogP contribution in [0.5, 0.6) is 11.5 Å². The van der Waals surface area contributed by atoms with Gasteiger partial charge < -0.3 is 15.5 Å². The third kappa shape index (κ3) is 4.54. The summed E-state index contributed by atoms with van der Waals surface area (Å²) in [6.45, 7) is 1.40. The van der Waals surface area contributed by atoms with Crippen molar-refractivity contribution in [3.8, 4) is 11.5 Å². The van der Waals surface area contributed by atoms with Gasteiger partial charge in [0, 0.05) is 31.7 Å². The zero-order valence-corrected chi connectivity index (χ0v) is 12.6. The fourth-order valence-corrected chi connectivity index (χ4v) is 2.29. The quantitative estimate of drug-likeness (QED) is 0.718. The van der Waals surface area contributed by atoms with Crippen molar-refractivity contribution in [3.05, 3.63) is 23.8 Å². The summed E-state index contributed by atoms with van der Waals surface area (Å²) in [6, 6.07) is 1.74. The van der Waals surface area contributed by atoms with E-state index >= 15 is 0 Å². The first kappa shape index (κ1) is 20.1. The van der Waals surface area contributed by atoms with E-state index < -0.39 is 23.7 Å². The molecule has 2 rings (SSSR count). The van der Waals surface area contributed by atoms with Crippen LogP contribution >= 0.6 is 24.8 Å². The topological polar surface area (TPSA) is 55.7 Å². The maximum Gasteiger partial charge on any atom is 0.408 e. The Kier molecular flexibility index (Phi) is 7.60. The lowest BCUT2D eigenvalue weighted by Crippen LogP contribution is -2.49. The maximum atomic E-state index is 13.2. The number of nitrogens with one attached hydrogen (secondary N) is 1. The highest BCUT2D eigenvalue weighted by molar-refractivity contribution is 5.85. The van der Waals surface area contributed by atoms with Gasteiger partial charge in [-0.05, 0) is 6.07 Å². The van der Waals surface area contributed by atoms with Gasteiger partial charge in [0.1, 0.15) is 6.04 Å². The summed E-state index contributed by atoms with van der Waals surface area (Å²) in [6.07, 6.45) is -4.51. The Balaban J connectivity index is 0.00000200. The van der Waals surface area contributed by atoms with E-state index in [1.165, 1.54) is 17.0 Å². The normalized spacial score (nSPS) is 17.5. The van der Waals surface area contributed by atoms with Gasteiger partial charge in [0.25, 0.3) is 0 Å². The molecule has 1 fully saturated rings. The molecule has 21 heavy (non-hydrogen) atoms. The lowest BCUT2D eigenvalue weighted by molar-refractivity contribution is -0.188. The summed E-state index contributed by atoms with van der Waals surface area (Å²) in [5, 5.41) is 22.0. The second-order valence-corrected chi connectivity index (χ2v) is 4.45. The van der Waals surface area contributed by atoms with Crippen molar-refractivity contribution in [1.82, 2.24) is 10.2 Å². The fraction of sp³-hybridized carbons (Fsp3) is 0.500. The van der Waals surface area contributed by atoms with Gasteiger partial charge in [0.15, 0.2) is 11.5 Å². The number of alkyl halides is 3. The summed E-state index contributed by atoms with van der Waals surface area (Å²) in [4.78, 5) is 1.25. The number of para-hydroxylation sites is 1. The summed E-state index contributed by atoms with van der Waals surface area (Å²) in [7, 11) is 0. The molecule has 1 aliphatic heterocycles. The van der Waals surface area contributed by atoms with Crippen molar-refractivity contribution in [3.63, 3.8) is 0 Å². The molecular formula is C12H17Cl2F3N2O2. The second-order valence-electron chi connectivity index (χ2n) is 4.45. The number of nitrogens with zero attached hydrogens (tertiary/aromatic N) is 1. The molecule has 1 heterocycles. The molecule has 1 saturated heterocycles. The highest BCUT2D eigenvalue weighted by Crippen LogP contribution is 2.43. The van der Waals surface area contributed by atoms with E-state index in [1.807, 2.05) is 0 Å². The molecule has 1 atom stereocenters. The fourth-order valence-electron chi connectivity index (χ4n) is 2.29. The molecule has 1 aromatic rings. The van der Waals surface area contributed by atoms with Gasteiger partial charge in [-0.25, -0.2) is 0 Å². The first-order valence-corrected chi connectivity index (χ1v) is 5.93. The predicted molar refractivity (Wildman–Crippen MR) is 77.5 cm³/mol. The van der Waals surface area contributed by atoms with E-state index in [2.05, 4.69) is 5.32 Å². The zero-order valence-electron chi connectivity index (χ0n) is 10.9. The van der Waals surface area contributed by atoms with Crippen molar-refractivity contribution in [2.24, 2.45) is 0 Å². The van der Waals surface area contributed by atoms with Gasteiger partial charge in [0.2, 0.25) is 0 Å². The number of hydrogen-bond donors (Lipinski definition) is 3. The van der Waals surface area contributed by atoms with Crippen molar-refractivity contribution >= 4 is 24.8 Å². The average Bonchev–Trinajstić information content (AvgIpc) is 2.35. The molecule has 4 nitrogen and oxygen atoms in total. The minimum Gasteiger partial charge on any atom is -0.504 e. The molecule has 0 aliphatic carbocycles. The van der Waals surface area contributed by atoms with Crippen molar-refractivity contribution in [2.75, 3.05) is 26.2 Å². The van der Waals surface area contributed by atoms with Crippen molar-refractivity contribution in [2.45, 2.75) is 12.2 Å². The Labute approximate surface area is 132 Å². The molecule has 0 aromatic heterocycles. The van der Waals surface area contributed by atoms with E-state index in [9.17, 15) is 23.4 Å². The highest BCUT2D eigenvalue weighted by Gasteiger charge is 2.46. The molecule has 0 radical (unpaired) electrons. The summed E-state index contributed by atoms with van der Waals surface area (Å²) >= 11 is 0. The Hall–Kier alpha value is -0.890. The van der Waals surface area contributed by atoms with Gasteiger partial charge in [-0.1, -0.05) is 12.1 Å². The largest absolute Gasteiger partial charge is 0.504 e. The van der Waals surface area contributed by atoms with Crippen molar-refractivity contribution in [1.29, 1.82) is 0 Å². The summed E-state index contributed by atoms with van der Waals surface area (Å²) in [5.41, 5.74) is -0.311. The van der Waals surface area contributed by atoms with Gasteiger partial charge in [0.05, 0.1) is 0 Å². The summed E-state index contributed by atoms with van der Waals surface area (Å²) < 4.78 is 39.7. The number of hydrogen-bond acceptors (Lipinski definition) is 4. The molecule has 122 valence electrons. The Morgan fingerprint density at radius 1 is 1.10 bits per heavy atom. The third-order valence-corrected chi connectivity index (χ3v) is 3.17. The van der Waals surface area contributed by atoms with Crippen LogP contribution in [-0.2, 0) is 0 Å². The van der Waals surface area contributed by atoms with Crippen molar-refractivity contribution < 1.29 is 23.4 Å². The van der Waals surface area contributed by atoms with E-state index in [4.69, 9.17) is 0 Å². The molecular weight excluding hydrogens is 332 g/mol. The monoisotopic (exact) mass is 348 g/mol. The first-order valence-electron chi connectivity index (χ1n) is 5.93. The maximum absolute atomic E-state index is 13.2. The van der Waals surface area contributed by atoms with Crippen LogP contribution in [0.25, 0.3) is 0 Å². The number of aromatic hydroxyl groups is 2. The van der Waals surface area contributed by atoms with Gasteiger partial charge in [-0.15, -0.1) is 24.8 Å². The number of piperazine rings is 1. The molecule has 0 bridgehead atoms. The molecule has 1 aliphatic rings. The smallest absolute Gasteiger partial charge is 0.408 e. The molecule has 0 spiro atoms. The van der Waals surface area contributed by atoms with Gasteiger partial charge in [-0.3, -0.25) is 4.90 Å². The van der Waals surface area contributed by atoms with Gasteiger partial charge in [-0.2, -0.15) is 13.2 Å². The third-order valence-electron chi connectivity index (χ3n) is 3.17. The van der Waals surface area contributed by atoms with Gasteiger partial charge >= 0.3 is 6.18 Å². The number of phenols is 2. The predicted octanol–water partition coefficient (Wildman–Crippen LogP) is 2.45. The van der Waals surface area contributed by atoms with Crippen LogP contribution in [0.1, 0.15) is 11.6 Å². The van der Waals surface area contributed by atoms with Crippen LogP contribution in [0, 0.1) is 0 Å². The standard InChI is InChI=1S/C12H15F3N2O2.2ClH/c13-12(14,15)11(17-6-4-16-5-7-17)8-2-1-3-9(18)10(8)19;;/h1-3,11,16,18-19H,4-7H2;2*1H/t11-;;/m1../s1. The van der Waals surface area contributed by atoms with E-state index in [0.717, 1.165) is 6.07 Å². The SMILES string of the molecule is Cl.Cl.Oc1cccc([C@@H](N2CCNCC2)C(F)(F)F)c1O. The number of rotatable bonds is 2.